The van der Waals surface area contributed by atoms with Gasteiger partial charge in [-0.3, -0.25) is 0 Å². The van der Waals surface area contributed by atoms with Crippen molar-refractivity contribution in [2.75, 3.05) is 13.1 Å². The highest BCUT2D eigenvalue weighted by molar-refractivity contribution is 14.1. The van der Waals surface area contributed by atoms with Gasteiger partial charge in [0.1, 0.15) is 5.76 Å². The van der Waals surface area contributed by atoms with Crippen LogP contribution < -0.4 is 5.32 Å². The Morgan fingerprint density at radius 1 is 1.50 bits per heavy atom. The summed E-state index contributed by atoms with van der Waals surface area (Å²) in [6.45, 7) is 2.23. The number of rotatable bonds is 1. The lowest BCUT2D eigenvalue weighted by Gasteiger charge is -2.20. The van der Waals surface area contributed by atoms with Gasteiger partial charge in [0.25, 0.3) is 0 Å². The Kier molecular flexibility index (Phi) is 2.70. The Labute approximate surface area is 85.9 Å². The van der Waals surface area contributed by atoms with Gasteiger partial charge in [-0.25, -0.2) is 0 Å². The Bertz CT molecular complexity index is 253. The second-order valence-electron chi connectivity index (χ2n) is 3.19. The molecule has 0 amide bonds. The zero-order valence-corrected chi connectivity index (χ0v) is 9.00. The van der Waals surface area contributed by atoms with Crippen molar-refractivity contribution in [1.82, 2.24) is 5.32 Å². The maximum absolute atomic E-state index is 5.57. The second kappa shape index (κ2) is 3.79. The molecule has 1 N–H and O–H groups in total. The van der Waals surface area contributed by atoms with Crippen molar-refractivity contribution >= 4 is 22.6 Å². The normalized spacial score (nSPS) is 24.2. The smallest absolute Gasteiger partial charge is 0.163 e. The average Bonchev–Trinajstić information content (AvgIpc) is 2.54. The molecule has 2 heterocycles. The number of hydrogen-bond acceptors (Lipinski definition) is 2. The molecular weight excluding hydrogens is 265 g/mol. The fourth-order valence-electron chi connectivity index (χ4n) is 1.64. The standard InChI is InChI=1S/C9H12INO/c10-9-4-3-8(12-9)7-2-1-5-11-6-7/h3-4,7,11H,1-2,5-6H2. The van der Waals surface area contributed by atoms with E-state index in [1.807, 2.05) is 6.07 Å². The topological polar surface area (TPSA) is 25.2 Å². The first-order valence-electron chi connectivity index (χ1n) is 4.32. The van der Waals surface area contributed by atoms with Crippen molar-refractivity contribution in [3.63, 3.8) is 0 Å². The number of furan rings is 1. The highest BCUT2D eigenvalue weighted by atomic mass is 127. The van der Waals surface area contributed by atoms with Gasteiger partial charge in [-0.05, 0) is 54.1 Å². The van der Waals surface area contributed by atoms with Gasteiger partial charge in [-0.1, -0.05) is 0 Å². The molecule has 1 atom stereocenters. The lowest BCUT2D eigenvalue weighted by molar-refractivity contribution is 0.380. The molecule has 12 heavy (non-hydrogen) atoms. The minimum absolute atomic E-state index is 0.599. The molecule has 66 valence electrons. The van der Waals surface area contributed by atoms with Crippen LogP contribution in [-0.4, -0.2) is 13.1 Å². The monoisotopic (exact) mass is 277 g/mol. The van der Waals surface area contributed by atoms with Gasteiger partial charge in [0, 0.05) is 12.5 Å². The third kappa shape index (κ3) is 1.82. The van der Waals surface area contributed by atoms with E-state index in [1.165, 1.54) is 12.8 Å². The molecule has 1 aromatic heterocycles. The van der Waals surface area contributed by atoms with Crippen LogP contribution in [0.3, 0.4) is 0 Å². The second-order valence-corrected chi connectivity index (χ2v) is 4.25. The molecule has 0 bridgehead atoms. The van der Waals surface area contributed by atoms with Gasteiger partial charge in [0.05, 0.1) is 0 Å². The molecule has 1 aliphatic rings. The summed E-state index contributed by atoms with van der Waals surface area (Å²) >= 11 is 2.21. The Balaban J connectivity index is 2.08. The molecule has 0 saturated carbocycles. The molecule has 0 aliphatic carbocycles. The molecule has 1 unspecified atom stereocenters. The van der Waals surface area contributed by atoms with Crippen molar-refractivity contribution < 1.29 is 4.42 Å². The van der Waals surface area contributed by atoms with Crippen molar-refractivity contribution in [1.29, 1.82) is 0 Å². The van der Waals surface area contributed by atoms with E-state index in [4.69, 9.17) is 4.42 Å². The van der Waals surface area contributed by atoms with Crippen molar-refractivity contribution in [3.8, 4) is 0 Å². The number of halogens is 1. The van der Waals surface area contributed by atoms with Gasteiger partial charge < -0.3 is 9.73 Å². The lowest BCUT2D eigenvalue weighted by atomic mass is 9.97. The third-order valence-corrected chi connectivity index (χ3v) is 2.87. The number of piperidine rings is 1. The van der Waals surface area contributed by atoms with E-state index in [9.17, 15) is 0 Å². The van der Waals surface area contributed by atoms with E-state index in [0.29, 0.717) is 5.92 Å². The number of hydrogen-bond donors (Lipinski definition) is 1. The van der Waals surface area contributed by atoms with Crippen LogP contribution in [-0.2, 0) is 0 Å². The highest BCUT2D eigenvalue weighted by Gasteiger charge is 2.17. The van der Waals surface area contributed by atoms with Crippen LogP contribution >= 0.6 is 22.6 Å². The maximum atomic E-state index is 5.57. The molecule has 0 aromatic carbocycles. The molecule has 1 saturated heterocycles. The molecule has 2 rings (SSSR count). The molecular formula is C9H12INO. The van der Waals surface area contributed by atoms with Crippen molar-refractivity contribution in [2.45, 2.75) is 18.8 Å². The molecule has 2 nitrogen and oxygen atoms in total. The summed E-state index contributed by atoms with van der Waals surface area (Å²) in [5, 5.41) is 3.38. The molecule has 1 aliphatic heterocycles. The predicted octanol–water partition coefficient (Wildman–Crippen LogP) is 2.35. The maximum Gasteiger partial charge on any atom is 0.163 e. The van der Waals surface area contributed by atoms with E-state index < -0.39 is 0 Å². The molecule has 1 aromatic rings. The van der Waals surface area contributed by atoms with Gasteiger partial charge in [0.15, 0.2) is 3.77 Å². The Morgan fingerprint density at radius 2 is 2.42 bits per heavy atom. The fourth-order valence-corrected chi connectivity index (χ4v) is 2.08. The lowest BCUT2D eigenvalue weighted by Crippen LogP contribution is -2.28. The molecule has 0 spiro atoms. The van der Waals surface area contributed by atoms with Crippen LogP contribution in [0.15, 0.2) is 16.5 Å². The first-order valence-corrected chi connectivity index (χ1v) is 5.40. The average molecular weight is 277 g/mol. The van der Waals surface area contributed by atoms with E-state index in [0.717, 1.165) is 22.6 Å². The minimum atomic E-state index is 0.599. The van der Waals surface area contributed by atoms with Gasteiger partial charge in [-0.15, -0.1) is 0 Å². The van der Waals surface area contributed by atoms with E-state index in [1.54, 1.807) is 0 Å². The van der Waals surface area contributed by atoms with E-state index in [-0.39, 0.29) is 0 Å². The quantitative estimate of drug-likeness (QED) is 0.797. The van der Waals surface area contributed by atoms with Crippen molar-refractivity contribution in [3.05, 3.63) is 21.7 Å². The van der Waals surface area contributed by atoms with Crippen LogP contribution in [0.5, 0.6) is 0 Å². The predicted molar refractivity (Wildman–Crippen MR) is 56.3 cm³/mol. The highest BCUT2D eigenvalue weighted by Crippen LogP contribution is 2.25. The van der Waals surface area contributed by atoms with Crippen molar-refractivity contribution in [2.24, 2.45) is 0 Å². The first kappa shape index (κ1) is 8.56. The Hall–Kier alpha value is -0.0300. The van der Waals surface area contributed by atoms with Crippen LogP contribution in [0.2, 0.25) is 0 Å². The third-order valence-electron chi connectivity index (χ3n) is 2.29. The van der Waals surface area contributed by atoms with Crippen LogP contribution in [0.1, 0.15) is 24.5 Å². The minimum Gasteiger partial charge on any atom is -0.455 e. The SMILES string of the molecule is Ic1ccc(C2CCCNC2)o1. The molecule has 3 heteroatoms. The molecule has 1 fully saturated rings. The summed E-state index contributed by atoms with van der Waals surface area (Å²) in [4.78, 5) is 0. The van der Waals surface area contributed by atoms with Gasteiger partial charge >= 0.3 is 0 Å². The molecule has 0 radical (unpaired) electrons. The summed E-state index contributed by atoms with van der Waals surface area (Å²) in [7, 11) is 0. The summed E-state index contributed by atoms with van der Waals surface area (Å²) in [5.74, 6) is 1.74. The summed E-state index contributed by atoms with van der Waals surface area (Å²) in [6.07, 6.45) is 2.53. The van der Waals surface area contributed by atoms with Crippen LogP contribution in [0, 0.1) is 3.77 Å². The van der Waals surface area contributed by atoms with Gasteiger partial charge in [0.2, 0.25) is 0 Å². The summed E-state index contributed by atoms with van der Waals surface area (Å²) in [6, 6.07) is 4.13. The zero-order chi connectivity index (χ0) is 8.39. The van der Waals surface area contributed by atoms with Crippen LogP contribution in [0.25, 0.3) is 0 Å². The Morgan fingerprint density at radius 3 is 3.00 bits per heavy atom. The fraction of sp³-hybridized carbons (Fsp3) is 0.556. The van der Waals surface area contributed by atoms with Crippen LogP contribution in [0.4, 0.5) is 0 Å². The summed E-state index contributed by atoms with van der Waals surface area (Å²) < 4.78 is 6.56. The zero-order valence-electron chi connectivity index (χ0n) is 6.85. The summed E-state index contributed by atoms with van der Waals surface area (Å²) in [5.41, 5.74) is 0. The van der Waals surface area contributed by atoms with Gasteiger partial charge in [-0.2, -0.15) is 0 Å². The van der Waals surface area contributed by atoms with E-state index >= 15 is 0 Å². The largest absolute Gasteiger partial charge is 0.455 e. The van der Waals surface area contributed by atoms with E-state index in [2.05, 4.69) is 34.0 Å². The number of nitrogens with one attached hydrogen (secondary N) is 1. The first-order chi connectivity index (χ1) is 5.86.